The van der Waals surface area contributed by atoms with Crippen LogP contribution in [0.4, 0.5) is 28.4 Å². The molecule has 9 aromatic rings. The zero-order chi connectivity index (χ0) is 35.3. The van der Waals surface area contributed by atoms with Gasteiger partial charge >= 0.3 is 0 Å². The number of aromatic nitrogens is 1. The maximum atomic E-state index is 3.95. The number of fused-ring (bicyclic) bond motifs is 8. The number of benzene rings is 8. The molecule has 2 aliphatic heterocycles. The molecule has 5 heteroatoms. The first-order chi connectivity index (χ1) is 26.0. The van der Waals surface area contributed by atoms with Crippen molar-refractivity contribution >= 4 is 89.2 Å². The van der Waals surface area contributed by atoms with Crippen molar-refractivity contribution in [3.63, 3.8) is 0 Å². The minimum atomic E-state index is -1.28. The van der Waals surface area contributed by atoms with Crippen LogP contribution in [0.2, 0.25) is 0 Å². The third-order valence-corrected chi connectivity index (χ3v) is 14.1. The molecule has 1 N–H and O–H groups in total. The molecule has 0 saturated carbocycles. The Bertz CT molecular complexity index is 2890. The Morgan fingerprint density at radius 3 is 1.98 bits per heavy atom. The van der Waals surface area contributed by atoms with Crippen molar-refractivity contribution < 1.29 is 0 Å². The van der Waals surface area contributed by atoms with Gasteiger partial charge in [0.1, 0.15) is 0 Å². The lowest BCUT2D eigenvalue weighted by molar-refractivity contribution is 1.18. The van der Waals surface area contributed by atoms with Gasteiger partial charge in [0.15, 0.2) is 7.28 Å². The van der Waals surface area contributed by atoms with Gasteiger partial charge in [0.25, 0.3) is 0 Å². The van der Waals surface area contributed by atoms with Gasteiger partial charge < -0.3 is 14.8 Å². The van der Waals surface area contributed by atoms with Crippen LogP contribution in [0.5, 0.6) is 0 Å². The molecule has 8 aromatic carbocycles. The van der Waals surface area contributed by atoms with Crippen molar-refractivity contribution in [3.8, 4) is 16.8 Å². The number of nitrogens with one attached hydrogen (secondary N) is 1. The van der Waals surface area contributed by atoms with E-state index in [0.29, 0.717) is 0 Å². The van der Waals surface area contributed by atoms with Crippen molar-refractivity contribution in [2.75, 3.05) is 22.7 Å². The van der Waals surface area contributed by atoms with Gasteiger partial charge in [-0.15, -0.1) is 0 Å². The summed E-state index contributed by atoms with van der Waals surface area (Å²) >= 11 is 0. The molecule has 0 saturated heterocycles. The van der Waals surface area contributed by atoms with Crippen LogP contribution in [0.3, 0.4) is 0 Å². The van der Waals surface area contributed by atoms with Crippen molar-refractivity contribution in [1.29, 1.82) is 0 Å². The lowest BCUT2D eigenvalue weighted by Crippen LogP contribution is -2.37. The summed E-state index contributed by atoms with van der Waals surface area (Å²) in [6.45, 7) is 0. The fourth-order valence-corrected chi connectivity index (χ4v) is 11.2. The molecule has 1 aromatic heterocycles. The van der Waals surface area contributed by atoms with Gasteiger partial charge in [0.2, 0.25) is 0 Å². The third-order valence-electron chi connectivity index (χ3n) is 11.2. The number of anilines is 5. The minimum Gasteiger partial charge on any atom is -0.353 e. The molecule has 3 nitrogen and oxygen atoms in total. The van der Waals surface area contributed by atoms with Gasteiger partial charge in [0.05, 0.1) is 16.9 Å². The smallest absolute Gasteiger partial charge is 0.197 e. The lowest BCUT2D eigenvalue weighted by atomic mass is 9.59. The maximum absolute atomic E-state index is 3.95. The molecule has 0 atom stereocenters. The Labute approximate surface area is 311 Å². The van der Waals surface area contributed by atoms with E-state index in [1.165, 1.54) is 81.5 Å². The van der Waals surface area contributed by atoms with E-state index in [-0.39, 0.29) is 0 Å². The topological polar surface area (TPSA) is 20.2 Å². The number of hydrogen-bond acceptors (Lipinski definition) is 2. The van der Waals surface area contributed by atoms with Crippen LogP contribution >= 0.6 is 10.0 Å². The Morgan fingerprint density at radius 2 is 1.21 bits per heavy atom. The standard InChI is InChI=1S/C48H35BN3S/c1-53(2)44-25-12-11-24-41(44)50-47-36(21-14-26-45(47)53)39-29-35(51(33-17-5-3-6-18-33)34-19-7-4-8-20-34)30-43-46(39)49-40-23-13-22-37-38-27-31-15-9-10-16-32(31)28-42(38)52(43)48(37)40/h3-30,50H,1-2H3. The van der Waals surface area contributed by atoms with Gasteiger partial charge in [0, 0.05) is 54.4 Å². The quantitative estimate of drug-likeness (QED) is 0.185. The van der Waals surface area contributed by atoms with Crippen LogP contribution in [-0.2, 0) is 0 Å². The van der Waals surface area contributed by atoms with E-state index in [9.17, 15) is 0 Å². The molecule has 0 bridgehead atoms. The van der Waals surface area contributed by atoms with E-state index in [1.54, 1.807) is 0 Å². The summed E-state index contributed by atoms with van der Waals surface area (Å²) in [4.78, 5) is 5.18. The molecule has 0 unspecified atom stereocenters. The minimum absolute atomic E-state index is 1.11. The van der Waals surface area contributed by atoms with E-state index < -0.39 is 10.0 Å². The van der Waals surface area contributed by atoms with Crippen molar-refractivity contribution in [3.05, 3.63) is 170 Å². The van der Waals surface area contributed by atoms with Crippen molar-refractivity contribution in [1.82, 2.24) is 4.57 Å². The van der Waals surface area contributed by atoms with E-state index in [0.717, 1.165) is 17.1 Å². The van der Waals surface area contributed by atoms with Crippen LogP contribution in [0.1, 0.15) is 0 Å². The largest absolute Gasteiger partial charge is 0.353 e. The van der Waals surface area contributed by atoms with E-state index in [4.69, 9.17) is 0 Å². The summed E-state index contributed by atoms with van der Waals surface area (Å²) in [7, 11) is 1.15. The second-order valence-electron chi connectivity index (χ2n) is 14.5. The fraction of sp³-hybridized carbons (Fsp3) is 0.0417. The Hall–Kier alpha value is -6.17. The average Bonchev–Trinajstić information content (AvgIpc) is 3.52. The second kappa shape index (κ2) is 11.4. The zero-order valence-electron chi connectivity index (χ0n) is 29.5. The van der Waals surface area contributed by atoms with E-state index in [2.05, 4.69) is 204 Å². The van der Waals surface area contributed by atoms with Gasteiger partial charge in [-0.2, -0.15) is 10.0 Å². The Balaban J connectivity index is 1.26. The summed E-state index contributed by atoms with van der Waals surface area (Å²) in [6.07, 6.45) is 4.87. The SMILES string of the molecule is CS1(C)c2ccccc2Nc2c(-c3cc(N(c4ccccc4)c4ccccc4)cc4c3[B]c3cccc5c6cc7ccccc7cc6n-4c35)cccc21. The first-order valence-electron chi connectivity index (χ1n) is 18.2. The summed E-state index contributed by atoms with van der Waals surface area (Å²) in [5.74, 6) is 0. The monoisotopic (exact) mass is 696 g/mol. The number of para-hydroxylation sites is 5. The van der Waals surface area contributed by atoms with Crippen LogP contribution in [0, 0.1) is 0 Å². The number of nitrogens with zero attached hydrogens (tertiary/aromatic N) is 2. The van der Waals surface area contributed by atoms with Gasteiger partial charge in [-0.05, 0) is 101 Å². The van der Waals surface area contributed by atoms with Crippen LogP contribution < -0.4 is 21.1 Å². The van der Waals surface area contributed by atoms with E-state index in [1.807, 2.05) is 0 Å². The normalized spacial score (nSPS) is 14.2. The van der Waals surface area contributed by atoms with E-state index >= 15 is 0 Å². The summed E-state index contributed by atoms with van der Waals surface area (Å²) in [5, 5.41) is 9.01. The van der Waals surface area contributed by atoms with Crippen LogP contribution in [-0.4, -0.2) is 24.4 Å². The molecule has 0 amide bonds. The molecule has 1 radical (unpaired) electrons. The highest BCUT2D eigenvalue weighted by Crippen LogP contribution is 2.65. The molecule has 0 fully saturated rings. The predicted octanol–water partition coefficient (Wildman–Crippen LogP) is 11.6. The summed E-state index contributed by atoms with van der Waals surface area (Å²) in [6, 6.07) is 62.4. The van der Waals surface area contributed by atoms with Crippen molar-refractivity contribution in [2.24, 2.45) is 0 Å². The van der Waals surface area contributed by atoms with Crippen molar-refractivity contribution in [2.45, 2.75) is 9.79 Å². The first kappa shape index (κ1) is 30.5. The second-order valence-corrected chi connectivity index (χ2v) is 18.0. The first-order valence-corrected chi connectivity index (χ1v) is 20.6. The van der Waals surface area contributed by atoms with Gasteiger partial charge in [-0.1, -0.05) is 109 Å². The summed E-state index contributed by atoms with van der Waals surface area (Å²) in [5.41, 5.74) is 14.3. The average molecular weight is 697 g/mol. The Morgan fingerprint density at radius 1 is 0.547 bits per heavy atom. The highest BCUT2D eigenvalue weighted by atomic mass is 32.3. The molecule has 0 spiro atoms. The number of hydrogen-bond donors (Lipinski definition) is 1. The van der Waals surface area contributed by atoms with Gasteiger partial charge in [-0.3, -0.25) is 0 Å². The molecular formula is C48H35BN3S. The molecule has 251 valence electrons. The highest BCUT2D eigenvalue weighted by molar-refractivity contribution is 8.33. The zero-order valence-corrected chi connectivity index (χ0v) is 30.4. The Kier molecular flexibility index (Phi) is 6.56. The molecule has 11 rings (SSSR count). The number of rotatable bonds is 4. The molecular weight excluding hydrogens is 661 g/mol. The molecule has 2 aliphatic rings. The van der Waals surface area contributed by atoms with Gasteiger partial charge in [-0.25, -0.2) is 0 Å². The predicted molar refractivity (Wildman–Crippen MR) is 229 cm³/mol. The maximum Gasteiger partial charge on any atom is 0.197 e. The molecule has 3 heterocycles. The molecule has 0 aliphatic carbocycles. The fourth-order valence-electron chi connectivity index (χ4n) is 8.79. The lowest BCUT2D eigenvalue weighted by Gasteiger charge is -2.41. The molecule has 53 heavy (non-hydrogen) atoms. The van der Waals surface area contributed by atoms with Crippen LogP contribution in [0.15, 0.2) is 180 Å². The third kappa shape index (κ3) is 4.50. The highest BCUT2D eigenvalue weighted by Gasteiger charge is 2.33. The van der Waals surface area contributed by atoms with Crippen LogP contribution in [0.25, 0.3) is 49.4 Å². The summed E-state index contributed by atoms with van der Waals surface area (Å²) < 4.78 is 2.54.